The summed E-state index contributed by atoms with van der Waals surface area (Å²) >= 11 is 0. The third-order valence-corrected chi connectivity index (χ3v) is 3.47. The Kier molecular flexibility index (Phi) is 6.14. The lowest BCUT2D eigenvalue weighted by atomic mass is 10.2. The molecule has 1 N–H and O–H groups in total. The zero-order valence-electron chi connectivity index (χ0n) is 13.6. The van der Waals surface area contributed by atoms with E-state index in [1.54, 1.807) is 54.4 Å². The van der Waals surface area contributed by atoms with Gasteiger partial charge >= 0.3 is 5.97 Å². The Bertz CT molecular complexity index is 675. The van der Waals surface area contributed by atoms with Gasteiger partial charge in [-0.1, -0.05) is 12.1 Å². The van der Waals surface area contributed by atoms with Crippen LogP contribution in [0.1, 0.15) is 10.4 Å². The summed E-state index contributed by atoms with van der Waals surface area (Å²) in [5, 5.41) is 10.1. The number of hydrogen-bond donors (Lipinski definition) is 1. The molecule has 2 aromatic carbocycles. The van der Waals surface area contributed by atoms with Crippen LogP contribution in [0.2, 0.25) is 0 Å². The molecule has 0 aliphatic heterocycles. The standard InChI is InChI=1S/C18H20FNO4/c1-20(17-6-4-3-5-16(17)19)11-14(21)12-24-15-9-7-13(8-10-15)18(22)23-2/h3-10,14,21H,11-12H2,1-2H3/t14-/m0/s1. The first-order valence-electron chi connectivity index (χ1n) is 7.46. The normalized spacial score (nSPS) is 11.7. The fourth-order valence-electron chi connectivity index (χ4n) is 2.23. The minimum absolute atomic E-state index is 0.0519. The molecule has 2 rings (SSSR count). The highest BCUT2D eigenvalue weighted by Crippen LogP contribution is 2.18. The van der Waals surface area contributed by atoms with Gasteiger partial charge in [0, 0.05) is 13.6 Å². The first-order valence-corrected chi connectivity index (χ1v) is 7.46. The lowest BCUT2D eigenvalue weighted by Gasteiger charge is -2.23. The van der Waals surface area contributed by atoms with Crippen molar-refractivity contribution in [1.82, 2.24) is 0 Å². The van der Waals surface area contributed by atoms with Crippen LogP contribution in [0.3, 0.4) is 0 Å². The van der Waals surface area contributed by atoms with E-state index in [2.05, 4.69) is 4.74 Å². The van der Waals surface area contributed by atoms with E-state index in [0.29, 0.717) is 17.0 Å². The lowest BCUT2D eigenvalue weighted by molar-refractivity contribution is 0.0600. The number of esters is 1. The Hall–Kier alpha value is -2.60. The largest absolute Gasteiger partial charge is 0.491 e. The fraction of sp³-hybridized carbons (Fsp3) is 0.278. The number of carbonyl (C=O) groups excluding carboxylic acids is 1. The van der Waals surface area contributed by atoms with Gasteiger partial charge in [0.1, 0.15) is 24.3 Å². The molecule has 0 radical (unpaired) electrons. The molecule has 0 amide bonds. The van der Waals surface area contributed by atoms with Crippen LogP contribution in [0.25, 0.3) is 0 Å². The van der Waals surface area contributed by atoms with E-state index >= 15 is 0 Å². The van der Waals surface area contributed by atoms with Crippen LogP contribution in [0, 0.1) is 5.82 Å². The van der Waals surface area contributed by atoms with E-state index in [-0.39, 0.29) is 19.0 Å². The average molecular weight is 333 g/mol. The van der Waals surface area contributed by atoms with E-state index in [1.807, 2.05) is 0 Å². The van der Waals surface area contributed by atoms with Gasteiger partial charge in [0.25, 0.3) is 0 Å². The number of halogens is 1. The number of hydrogen-bond acceptors (Lipinski definition) is 5. The van der Waals surface area contributed by atoms with Crippen molar-refractivity contribution in [3.63, 3.8) is 0 Å². The molecule has 0 bridgehead atoms. The van der Waals surface area contributed by atoms with Gasteiger partial charge < -0.3 is 19.5 Å². The van der Waals surface area contributed by atoms with Crippen LogP contribution in [0.15, 0.2) is 48.5 Å². The molecule has 0 fully saturated rings. The second-order valence-electron chi connectivity index (χ2n) is 5.31. The van der Waals surface area contributed by atoms with Crippen molar-refractivity contribution in [3.8, 4) is 5.75 Å². The van der Waals surface area contributed by atoms with Crippen molar-refractivity contribution >= 4 is 11.7 Å². The summed E-state index contributed by atoms with van der Waals surface area (Å²) in [6, 6.07) is 12.8. The first-order chi connectivity index (χ1) is 11.5. The van der Waals surface area contributed by atoms with Crippen molar-refractivity contribution < 1.29 is 23.8 Å². The molecule has 0 saturated carbocycles. The number of carbonyl (C=O) groups is 1. The minimum atomic E-state index is -0.796. The Morgan fingerprint density at radius 2 is 1.88 bits per heavy atom. The number of likely N-dealkylation sites (N-methyl/N-ethyl adjacent to an activating group) is 1. The summed E-state index contributed by atoms with van der Waals surface area (Å²) in [5.41, 5.74) is 0.837. The molecule has 6 heteroatoms. The Labute approximate surface area is 140 Å². The van der Waals surface area contributed by atoms with Crippen molar-refractivity contribution in [2.24, 2.45) is 0 Å². The van der Waals surface area contributed by atoms with Crippen molar-refractivity contribution in [1.29, 1.82) is 0 Å². The van der Waals surface area contributed by atoms with Crippen LogP contribution < -0.4 is 9.64 Å². The predicted octanol–water partition coefficient (Wildman–Crippen LogP) is 2.49. The average Bonchev–Trinajstić information content (AvgIpc) is 2.60. The number of rotatable bonds is 7. The van der Waals surface area contributed by atoms with Crippen LogP contribution in [-0.2, 0) is 4.74 Å². The molecular weight excluding hydrogens is 313 g/mol. The molecule has 128 valence electrons. The van der Waals surface area contributed by atoms with E-state index in [9.17, 15) is 14.3 Å². The topological polar surface area (TPSA) is 59.0 Å². The van der Waals surface area contributed by atoms with Gasteiger partial charge in [-0.25, -0.2) is 9.18 Å². The molecule has 5 nitrogen and oxygen atoms in total. The highest BCUT2D eigenvalue weighted by atomic mass is 19.1. The molecule has 0 aromatic heterocycles. The van der Waals surface area contributed by atoms with Gasteiger partial charge in [-0.2, -0.15) is 0 Å². The summed E-state index contributed by atoms with van der Waals surface area (Å²) in [6.45, 7) is 0.275. The first kappa shape index (κ1) is 17.7. The van der Waals surface area contributed by atoms with E-state index < -0.39 is 12.1 Å². The Morgan fingerprint density at radius 1 is 1.21 bits per heavy atom. The number of aliphatic hydroxyl groups excluding tert-OH is 1. The highest BCUT2D eigenvalue weighted by Gasteiger charge is 2.13. The van der Waals surface area contributed by atoms with Gasteiger partial charge in [-0.3, -0.25) is 0 Å². The molecule has 0 heterocycles. The number of aliphatic hydroxyl groups is 1. The number of para-hydroxylation sites is 1. The van der Waals surface area contributed by atoms with Crippen molar-refractivity contribution in [2.75, 3.05) is 32.2 Å². The third-order valence-electron chi connectivity index (χ3n) is 3.47. The molecule has 2 aromatic rings. The van der Waals surface area contributed by atoms with Gasteiger partial charge in [0.2, 0.25) is 0 Å². The number of benzene rings is 2. The van der Waals surface area contributed by atoms with Crippen LogP contribution >= 0.6 is 0 Å². The van der Waals surface area contributed by atoms with Gasteiger partial charge in [-0.05, 0) is 36.4 Å². The van der Waals surface area contributed by atoms with Crippen LogP contribution in [-0.4, -0.2) is 44.5 Å². The van der Waals surface area contributed by atoms with E-state index in [1.165, 1.54) is 13.2 Å². The molecule has 0 saturated heterocycles. The molecule has 0 unspecified atom stereocenters. The van der Waals surface area contributed by atoms with Crippen LogP contribution in [0.4, 0.5) is 10.1 Å². The summed E-state index contributed by atoms with van der Waals surface area (Å²) in [4.78, 5) is 13.0. The van der Waals surface area contributed by atoms with E-state index in [0.717, 1.165) is 0 Å². The predicted molar refractivity (Wildman–Crippen MR) is 89.0 cm³/mol. The van der Waals surface area contributed by atoms with Gasteiger partial charge in [-0.15, -0.1) is 0 Å². The Balaban J connectivity index is 1.85. The van der Waals surface area contributed by atoms with Crippen LogP contribution in [0.5, 0.6) is 5.75 Å². The quantitative estimate of drug-likeness (QED) is 0.789. The summed E-state index contributed by atoms with van der Waals surface area (Å²) in [5.74, 6) is -0.241. The molecule has 1 atom stereocenters. The van der Waals surface area contributed by atoms with Crippen molar-refractivity contribution in [2.45, 2.75) is 6.10 Å². The molecular formula is C18H20FNO4. The lowest BCUT2D eigenvalue weighted by Crippen LogP contribution is -2.33. The Morgan fingerprint density at radius 3 is 2.50 bits per heavy atom. The number of methoxy groups -OCH3 is 1. The molecule has 24 heavy (non-hydrogen) atoms. The molecule has 0 aliphatic rings. The van der Waals surface area contributed by atoms with E-state index in [4.69, 9.17) is 4.74 Å². The zero-order valence-corrected chi connectivity index (χ0v) is 13.6. The summed E-state index contributed by atoms with van der Waals surface area (Å²) < 4.78 is 23.8. The second-order valence-corrected chi connectivity index (χ2v) is 5.31. The maximum absolute atomic E-state index is 13.7. The monoisotopic (exact) mass is 333 g/mol. The number of nitrogens with zero attached hydrogens (tertiary/aromatic N) is 1. The number of anilines is 1. The maximum Gasteiger partial charge on any atom is 0.337 e. The minimum Gasteiger partial charge on any atom is -0.491 e. The highest BCUT2D eigenvalue weighted by molar-refractivity contribution is 5.89. The van der Waals surface area contributed by atoms with Crippen molar-refractivity contribution in [3.05, 3.63) is 59.9 Å². The third kappa shape index (κ3) is 4.70. The smallest absolute Gasteiger partial charge is 0.337 e. The molecule has 0 spiro atoms. The van der Waals surface area contributed by atoms with Gasteiger partial charge in [0.05, 0.1) is 18.4 Å². The summed E-state index contributed by atoms with van der Waals surface area (Å²) in [6.07, 6.45) is -0.796. The molecule has 0 aliphatic carbocycles. The zero-order chi connectivity index (χ0) is 17.5. The SMILES string of the molecule is COC(=O)c1ccc(OC[C@@H](O)CN(C)c2ccccc2F)cc1. The summed E-state index contributed by atoms with van der Waals surface area (Å²) in [7, 11) is 3.02. The van der Waals surface area contributed by atoms with Gasteiger partial charge in [0.15, 0.2) is 0 Å². The maximum atomic E-state index is 13.7. The second kappa shape index (κ2) is 8.31. The number of ether oxygens (including phenoxy) is 2. The fourth-order valence-corrected chi connectivity index (χ4v) is 2.23.